The number of nitrogens with two attached hydrogens (primary N) is 1. The summed E-state index contributed by atoms with van der Waals surface area (Å²) in [6.07, 6.45) is 6.26. The van der Waals surface area contributed by atoms with Crippen LogP contribution in [-0.4, -0.2) is 33.3 Å². The molecule has 110 valence electrons. The van der Waals surface area contributed by atoms with Gasteiger partial charge in [0.25, 0.3) is 0 Å². The molecule has 4 N–H and O–H groups in total. The first-order valence-corrected chi connectivity index (χ1v) is 6.66. The fourth-order valence-electron chi connectivity index (χ4n) is 2.56. The Morgan fingerprint density at radius 3 is 2.70 bits per heavy atom. The molecule has 7 heteroatoms. The number of hydrogen-bond donors (Lipinski definition) is 3. The Kier molecular flexibility index (Phi) is 4.08. The molecule has 1 unspecified atom stereocenters. The third kappa shape index (κ3) is 2.98. The van der Waals surface area contributed by atoms with Crippen molar-refractivity contribution in [3.63, 3.8) is 0 Å². The monoisotopic (exact) mass is 280 g/mol. The Balaban J connectivity index is 2.01. The summed E-state index contributed by atoms with van der Waals surface area (Å²) < 4.78 is 1.50. The van der Waals surface area contributed by atoms with Crippen LogP contribution in [0.3, 0.4) is 0 Å². The molecule has 1 fully saturated rings. The van der Waals surface area contributed by atoms with Crippen molar-refractivity contribution < 1.29 is 14.7 Å². The molecule has 0 bridgehead atoms. The van der Waals surface area contributed by atoms with Gasteiger partial charge in [0.2, 0.25) is 5.91 Å². The lowest BCUT2D eigenvalue weighted by Gasteiger charge is -2.40. The normalized spacial score (nSPS) is 18.1. The highest BCUT2D eigenvalue weighted by molar-refractivity contribution is 5.84. The second-order valence-corrected chi connectivity index (χ2v) is 5.52. The lowest BCUT2D eigenvalue weighted by molar-refractivity contribution is -0.142. The van der Waals surface area contributed by atoms with Gasteiger partial charge in [0.1, 0.15) is 0 Å². The van der Waals surface area contributed by atoms with Gasteiger partial charge in [0, 0.05) is 25.2 Å². The quantitative estimate of drug-likeness (QED) is 0.688. The van der Waals surface area contributed by atoms with Gasteiger partial charge in [-0.05, 0) is 24.8 Å². The number of nitrogens with one attached hydrogen (secondary N) is 1. The molecular weight excluding hydrogens is 260 g/mol. The van der Waals surface area contributed by atoms with Crippen molar-refractivity contribution in [3.05, 3.63) is 18.0 Å². The predicted octanol–water partition coefficient (Wildman–Crippen LogP) is 0.181. The van der Waals surface area contributed by atoms with Crippen LogP contribution >= 0.6 is 0 Å². The number of carbonyl (C=O) groups excluding carboxylic acids is 1. The molecular formula is C13H20N4O3. The Labute approximate surface area is 117 Å². The van der Waals surface area contributed by atoms with Crippen molar-refractivity contribution in [3.8, 4) is 0 Å². The number of carboxylic acids is 1. The van der Waals surface area contributed by atoms with E-state index >= 15 is 0 Å². The van der Waals surface area contributed by atoms with Crippen molar-refractivity contribution in [1.29, 1.82) is 0 Å². The van der Waals surface area contributed by atoms with E-state index < -0.39 is 12.0 Å². The number of carboxylic acid groups (broad SMARTS) is 1. The minimum absolute atomic E-state index is 0.137. The van der Waals surface area contributed by atoms with Crippen molar-refractivity contribution >= 4 is 11.9 Å². The summed E-state index contributed by atoms with van der Waals surface area (Å²) in [4.78, 5) is 23.3. The Hall–Kier alpha value is -1.89. The SMILES string of the molecule is Cn1cc(C(NC(=O)CC2(CN)CCC2)C(=O)O)cn1. The average Bonchev–Trinajstić information content (AvgIpc) is 2.77. The van der Waals surface area contributed by atoms with Gasteiger partial charge < -0.3 is 16.2 Å². The van der Waals surface area contributed by atoms with Crippen LogP contribution < -0.4 is 11.1 Å². The Morgan fingerprint density at radius 1 is 1.60 bits per heavy atom. The second-order valence-electron chi connectivity index (χ2n) is 5.52. The molecule has 1 aromatic rings. The molecule has 0 aliphatic heterocycles. The summed E-state index contributed by atoms with van der Waals surface area (Å²) in [7, 11) is 1.70. The van der Waals surface area contributed by atoms with E-state index in [2.05, 4.69) is 10.4 Å². The highest BCUT2D eigenvalue weighted by Gasteiger charge is 2.38. The Bertz CT molecular complexity index is 502. The number of rotatable bonds is 6. The fraction of sp³-hybridized carbons (Fsp3) is 0.615. The number of aliphatic carboxylic acids is 1. The number of carbonyl (C=O) groups is 2. The van der Waals surface area contributed by atoms with E-state index in [4.69, 9.17) is 5.73 Å². The van der Waals surface area contributed by atoms with Gasteiger partial charge in [0.15, 0.2) is 6.04 Å². The molecule has 0 spiro atoms. The molecule has 1 amide bonds. The molecule has 1 aliphatic rings. The molecule has 1 atom stereocenters. The molecule has 1 saturated carbocycles. The summed E-state index contributed by atoms with van der Waals surface area (Å²) in [6.45, 7) is 0.463. The molecule has 7 nitrogen and oxygen atoms in total. The molecule has 2 rings (SSSR count). The van der Waals surface area contributed by atoms with E-state index in [0.717, 1.165) is 19.3 Å². The summed E-state index contributed by atoms with van der Waals surface area (Å²) >= 11 is 0. The van der Waals surface area contributed by atoms with E-state index in [0.29, 0.717) is 12.1 Å². The highest BCUT2D eigenvalue weighted by Crippen LogP contribution is 2.42. The first-order valence-electron chi connectivity index (χ1n) is 6.66. The third-order valence-corrected chi connectivity index (χ3v) is 3.99. The van der Waals surface area contributed by atoms with E-state index in [9.17, 15) is 14.7 Å². The van der Waals surface area contributed by atoms with Crippen LogP contribution in [0.4, 0.5) is 0 Å². The molecule has 20 heavy (non-hydrogen) atoms. The molecule has 1 aliphatic carbocycles. The first kappa shape index (κ1) is 14.5. The maximum Gasteiger partial charge on any atom is 0.331 e. The minimum Gasteiger partial charge on any atom is -0.479 e. The zero-order valence-corrected chi connectivity index (χ0v) is 11.5. The van der Waals surface area contributed by atoms with E-state index in [1.165, 1.54) is 10.9 Å². The summed E-state index contributed by atoms with van der Waals surface area (Å²) in [6, 6.07) is -1.06. The zero-order chi connectivity index (χ0) is 14.8. The minimum atomic E-state index is -1.10. The number of amides is 1. The molecule has 1 aromatic heterocycles. The van der Waals surface area contributed by atoms with Gasteiger partial charge in [-0.1, -0.05) is 6.42 Å². The number of hydrogen-bond acceptors (Lipinski definition) is 4. The molecule has 0 saturated heterocycles. The van der Waals surface area contributed by atoms with Crippen molar-refractivity contribution in [1.82, 2.24) is 15.1 Å². The standard InChI is InChI=1S/C13H20N4O3/c1-17-7-9(6-15-17)11(12(19)20)16-10(18)5-13(8-14)3-2-4-13/h6-7,11H,2-5,8,14H2,1H3,(H,16,18)(H,19,20). The number of aromatic nitrogens is 2. The van der Waals surface area contributed by atoms with Crippen LogP contribution in [0, 0.1) is 5.41 Å². The number of aryl methyl sites for hydroxylation is 1. The smallest absolute Gasteiger partial charge is 0.331 e. The maximum absolute atomic E-state index is 12.0. The van der Waals surface area contributed by atoms with Crippen LogP contribution in [0.1, 0.15) is 37.3 Å². The summed E-state index contributed by atoms with van der Waals surface area (Å²) in [5.41, 5.74) is 6.04. The first-order chi connectivity index (χ1) is 9.46. The van der Waals surface area contributed by atoms with Gasteiger partial charge in [-0.2, -0.15) is 5.10 Å². The maximum atomic E-state index is 12.0. The van der Waals surface area contributed by atoms with Gasteiger partial charge in [0.05, 0.1) is 6.20 Å². The van der Waals surface area contributed by atoms with Crippen LogP contribution in [-0.2, 0) is 16.6 Å². The second kappa shape index (κ2) is 5.62. The molecule has 1 heterocycles. The van der Waals surface area contributed by atoms with Gasteiger partial charge >= 0.3 is 5.97 Å². The average molecular weight is 280 g/mol. The van der Waals surface area contributed by atoms with Crippen LogP contribution in [0.15, 0.2) is 12.4 Å². The summed E-state index contributed by atoms with van der Waals surface area (Å²) in [5, 5.41) is 15.7. The van der Waals surface area contributed by atoms with Crippen LogP contribution in [0.2, 0.25) is 0 Å². The largest absolute Gasteiger partial charge is 0.479 e. The molecule has 0 radical (unpaired) electrons. The number of nitrogens with zero attached hydrogens (tertiary/aromatic N) is 2. The van der Waals surface area contributed by atoms with Gasteiger partial charge in [-0.15, -0.1) is 0 Å². The summed E-state index contributed by atoms with van der Waals surface area (Å²) in [5.74, 6) is -1.37. The Morgan fingerprint density at radius 2 is 2.30 bits per heavy atom. The highest BCUT2D eigenvalue weighted by atomic mass is 16.4. The third-order valence-electron chi connectivity index (χ3n) is 3.99. The van der Waals surface area contributed by atoms with Crippen molar-refractivity contribution in [2.45, 2.75) is 31.7 Å². The van der Waals surface area contributed by atoms with Crippen LogP contribution in [0.25, 0.3) is 0 Å². The topological polar surface area (TPSA) is 110 Å². The van der Waals surface area contributed by atoms with Crippen molar-refractivity contribution in [2.24, 2.45) is 18.2 Å². The van der Waals surface area contributed by atoms with E-state index in [1.807, 2.05) is 0 Å². The van der Waals surface area contributed by atoms with Gasteiger partial charge in [-0.25, -0.2) is 4.79 Å². The fourth-order valence-corrected chi connectivity index (χ4v) is 2.56. The lowest BCUT2D eigenvalue weighted by atomic mass is 9.66. The van der Waals surface area contributed by atoms with E-state index in [-0.39, 0.29) is 17.7 Å². The predicted molar refractivity (Wildman–Crippen MR) is 71.7 cm³/mol. The van der Waals surface area contributed by atoms with Crippen molar-refractivity contribution in [2.75, 3.05) is 6.54 Å². The van der Waals surface area contributed by atoms with E-state index in [1.54, 1.807) is 13.2 Å². The van der Waals surface area contributed by atoms with Gasteiger partial charge in [-0.3, -0.25) is 9.48 Å². The zero-order valence-electron chi connectivity index (χ0n) is 11.5. The molecule has 0 aromatic carbocycles. The van der Waals surface area contributed by atoms with Crippen LogP contribution in [0.5, 0.6) is 0 Å². The lowest BCUT2D eigenvalue weighted by Crippen LogP contribution is -2.43.